The van der Waals surface area contributed by atoms with Crippen LogP contribution in [-0.4, -0.2) is 6.71 Å². The van der Waals surface area contributed by atoms with Crippen LogP contribution in [0, 0.1) is 0 Å². The monoisotopic (exact) mass is 648 g/mol. The molecular formula is C48H29BO2. The molecule has 0 N–H and O–H groups in total. The summed E-state index contributed by atoms with van der Waals surface area (Å²) in [5.74, 6) is 3.50. The Hall–Kier alpha value is -6.58. The first kappa shape index (κ1) is 28.3. The van der Waals surface area contributed by atoms with Crippen LogP contribution in [0.1, 0.15) is 0 Å². The number of hydrogen-bond acceptors (Lipinski definition) is 2. The molecule has 3 heteroatoms. The van der Waals surface area contributed by atoms with Gasteiger partial charge in [0.15, 0.2) is 0 Å². The number of hydrogen-bond donors (Lipinski definition) is 0. The second kappa shape index (κ2) is 11.0. The first-order chi connectivity index (χ1) is 25.3. The maximum atomic E-state index is 6.93. The summed E-state index contributed by atoms with van der Waals surface area (Å²) in [5.41, 5.74) is 10.6. The van der Waals surface area contributed by atoms with Crippen LogP contribution in [0.25, 0.3) is 65.7 Å². The molecule has 11 rings (SSSR count). The third-order valence-corrected chi connectivity index (χ3v) is 10.8. The molecule has 0 atom stereocenters. The highest BCUT2D eigenvalue weighted by molar-refractivity contribution is 6.98. The Morgan fingerprint density at radius 2 is 0.784 bits per heavy atom. The predicted molar refractivity (Wildman–Crippen MR) is 213 cm³/mol. The highest BCUT2D eigenvalue weighted by Crippen LogP contribution is 2.48. The normalized spacial score (nSPS) is 12.6. The van der Waals surface area contributed by atoms with Gasteiger partial charge in [0.25, 0.3) is 6.71 Å². The lowest BCUT2D eigenvalue weighted by molar-refractivity contribution is 0.465. The van der Waals surface area contributed by atoms with E-state index >= 15 is 0 Å². The van der Waals surface area contributed by atoms with Crippen molar-refractivity contribution < 1.29 is 9.47 Å². The van der Waals surface area contributed by atoms with Gasteiger partial charge in [-0.2, -0.15) is 0 Å². The molecule has 0 fully saturated rings. The maximum absolute atomic E-state index is 6.93. The minimum atomic E-state index is 0.0126. The summed E-state index contributed by atoms with van der Waals surface area (Å²) in [6.45, 7) is 0.0126. The van der Waals surface area contributed by atoms with E-state index in [1.807, 2.05) is 18.2 Å². The first-order valence-electron chi connectivity index (χ1n) is 17.6. The van der Waals surface area contributed by atoms with Crippen molar-refractivity contribution in [3.8, 4) is 56.4 Å². The van der Waals surface area contributed by atoms with E-state index in [-0.39, 0.29) is 6.71 Å². The van der Waals surface area contributed by atoms with E-state index in [2.05, 4.69) is 158 Å². The summed E-state index contributed by atoms with van der Waals surface area (Å²) in [6, 6.07) is 63.2. The first-order valence-corrected chi connectivity index (χ1v) is 17.6. The molecule has 236 valence electrons. The fourth-order valence-corrected chi connectivity index (χ4v) is 8.70. The van der Waals surface area contributed by atoms with Gasteiger partial charge in [-0.1, -0.05) is 158 Å². The Bertz CT molecular complexity index is 2830. The molecule has 9 aromatic rings. The third kappa shape index (κ3) is 4.12. The summed E-state index contributed by atoms with van der Waals surface area (Å²) >= 11 is 0. The Balaban J connectivity index is 1.19. The van der Waals surface area contributed by atoms with Gasteiger partial charge in [-0.15, -0.1) is 0 Å². The zero-order valence-corrected chi connectivity index (χ0v) is 27.6. The topological polar surface area (TPSA) is 18.5 Å². The summed E-state index contributed by atoms with van der Waals surface area (Å²) in [6.07, 6.45) is 0. The number of rotatable bonds is 3. The fourth-order valence-electron chi connectivity index (χ4n) is 8.70. The fraction of sp³-hybridized carbons (Fsp3) is 0. The van der Waals surface area contributed by atoms with E-state index in [0.29, 0.717) is 0 Å². The molecule has 0 saturated heterocycles. The molecule has 0 unspecified atom stereocenters. The molecule has 9 aromatic carbocycles. The van der Waals surface area contributed by atoms with Crippen LogP contribution in [0.5, 0.6) is 23.0 Å². The molecule has 2 heterocycles. The molecule has 0 bridgehead atoms. The molecule has 0 aliphatic carbocycles. The zero-order valence-electron chi connectivity index (χ0n) is 27.6. The van der Waals surface area contributed by atoms with E-state index in [4.69, 9.17) is 9.47 Å². The summed E-state index contributed by atoms with van der Waals surface area (Å²) in [5, 5.41) is 7.44. The minimum Gasteiger partial charge on any atom is -0.458 e. The van der Waals surface area contributed by atoms with E-state index in [0.717, 1.165) is 50.5 Å². The van der Waals surface area contributed by atoms with Crippen LogP contribution in [0.4, 0.5) is 0 Å². The van der Waals surface area contributed by atoms with Crippen molar-refractivity contribution in [1.82, 2.24) is 0 Å². The zero-order chi connectivity index (χ0) is 33.5. The molecular weight excluding hydrogens is 619 g/mol. The average molecular weight is 649 g/mol. The maximum Gasteiger partial charge on any atom is 0.260 e. The summed E-state index contributed by atoms with van der Waals surface area (Å²) in [4.78, 5) is 0. The van der Waals surface area contributed by atoms with Gasteiger partial charge in [0.2, 0.25) is 0 Å². The Morgan fingerprint density at radius 3 is 1.55 bits per heavy atom. The van der Waals surface area contributed by atoms with Gasteiger partial charge in [-0.3, -0.25) is 0 Å². The predicted octanol–water partition coefficient (Wildman–Crippen LogP) is 10.9. The molecule has 0 amide bonds. The molecule has 0 saturated carbocycles. The van der Waals surface area contributed by atoms with Gasteiger partial charge >= 0.3 is 0 Å². The molecule has 0 aromatic heterocycles. The SMILES string of the molecule is c1ccc2c(c1)Oc1cccc3c1B2c1cccc(-c2ccccc2-c2c4ccccc4c(-c4cccc5ccccc45)c4ccccc24)c1O3. The van der Waals surface area contributed by atoms with E-state index in [9.17, 15) is 0 Å². The van der Waals surface area contributed by atoms with Crippen molar-refractivity contribution in [2.75, 3.05) is 0 Å². The molecule has 2 aliphatic rings. The van der Waals surface area contributed by atoms with Gasteiger partial charge in [-0.25, -0.2) is 0 Å². The van der Waals surface area contributed by atoms with Crippen molar-refractivity contribution in [2.24, 2.45) is 0 Å². The number of ether oxygens (including phenoxy) is 2. The number of benzene rings is 9. The smallest absolute Gasteiger partial charge is 0.260 e. The van der Waals surface area contributed by atoms with Crippen molar-refractivity contribution in [2.45, 2.75) is 0 Å². The van der Waals surface area contributed by atoms with Crippen LogP contribution in [0.15, 0.2) is 176 Å². The summed E-state index contributed by atoms with van der Waals surface area (Å²) < 4.78 is 13.3. The molecule has 0 radical (unpaired) electrons. The standard InChI is InChI=1S/C48H29BO2/c1-2-16-31-30(14-1)15-11-23-33(31)45-35-19-5-7-21-37(35)46(38-22-8-6-20-36(38)45)34-18-4-3-17-32(34)39-24-12-26-41-48(39)51-44-29-13-28-43-47(44)49(41)40-25-9-10-27-42(40)50-43/h1-29H. The highest BCUT2D eigenvalue weighted by Gasteiger charge is 2.40. The number of para-hydroxylation sites is 2. The second-order valence-corrected chi connectivity index (χ2v) is 13.5. The largest absolute Gasteiger partial charge is 0.458 e. The third-order valence-electron chi connectivity index (χ3n) is 10.8. The van der Waals surface area contributed by atoms with E-state index in [1.54, 1.807) is 0 Å². The van der Waals surface area contributed by atoms with Crippen molar-refractivity contribution in [1.29, 1.82) is 0 Å². The van der Waals surface area contributed by atoms with Gasteiger partial charge in [0.05, 0.1) is 0 Å². The van der Waals surface area contributed by atoms with Gasteiger partial charge in [0, 0.05) is 11.0 Å². The average Bonchev–Trinajstić information content (AvgIpc) is 3.19. The lowest BCUT2D eigenvalue weighted by atomic mass is 9.34. The van der Waals surface area contributed by atoms with E-state index < -0.39 is 0 Å². The van der Waals surface area contributed by atoms with Crippen LogP contribution < -0.4 is 25.9 Å². The molecule has 2 aliphatic heterocycles. The number of fused-ring (bicyclic) bond motifs is 7. The second-order valence-electron chi connectivity index (χ2n) is 13.5. The van der Waals surface area contributed by atoms with Crippen LogP contribution in [0.2, 0.25) is 0 Å². The molecule has 0 spiro atoms. The van der Waals surface area contributed by atoms with Gasteiger partial charge in [-0.05, 0) is 89.3 Å². The van der Waals surface area contributed by atoms with Gasteiger partial charge < -0.3 is 9.47 Å². The van der Waals surface area contributed by atoms with Crippen molar-refractivity contribution >= 4 is 55.4 Å². The van der Waals surface area contributed by atoms with Crippen molar-refractivity contribution in [3.05, 3.63) is 176 Å². The van der Waals surface area contributed by atoms with Crippen LogP contribution >= 0.6 is 0 Å². The van der Waals surface area contributed by atoms with Crippen LogP contribution in [0.3, 0.4) is 0 Å². The Labute approximate surface area is 296 Å². The molecule has 2 nitrogen and oxygen atoms in total. The lowest BCUT2D eigenvalue weighted by Gasteiger charge is -2.33. The highest BCUT2D eigenvalue weighted by atomic mass is 16.5. The quantitative estimate of drug-likeness (QED) is 0.140. The Morgan fingerprint density at radius 1 is 0.314 bits per heavy atom. The van der Waals surface area contributed by atoms with Crippen LogP contribution in [-0.2, 0) is 0 Å². The van der Waals surface area contributed by atoms with E-state index in [1.165, 1.54) is 54.6 Å². The van der Waals surface area contributed by atoms with Gasteiger partial charge in [0.1, 0.15) is 23.0 Å². The molecule has 51 heavy (non-hydrogen) atoms. The lowest BCUT2D eigenvalue weighted by Crippen LogP contribution is -2.57. The minimum absolute atomic E-state index is 0.0126. The van der Waals surface area contributed by atoms with Crippen molar-refractivity contribution in [3.63, 3.8) is 0 Å². The Kier molecular flexibility index (Phi) is 6.08. The summed E-state index contributed by atoms with van der Waals surface area (Å²) in [7, 11) is 0.